The van der Waals surface area contributed by atoms with E-state index in [1.807, 2.05) is 0 Å². The molecular weight excluding hydrogens is 344 g/mol. The van der Waals surface area contributed by atoms with E-state index < -0.39 is 22.0 Å². The Morgan fingerprint density at radius 3 is 2.64 bits per heavy atom. The highest BCUT2D eigenvalue weighted by atomic mass is 32.2. The molecule has 2 N–H and O–H groups in total. The fraction of sp³-hybridized carbons (Fsp3) is 0.625. The van der Waals surface area contributed by atoms with Crippen LogP contribution in [0.2, 0.25) is 0 Å². The summed E-state index contributed by atoms with van der Waals surface area (Å²) in [6.07, 6.45) is 5.60. The third-order valence-corrected chi connectivity index (χ3v) is 6.62. The Morgan fingerprint density at radius 1 is 1.24 bits per heavy atom. The van der Waals surface area contributed by atoms with E-state index in [1.165, 1.54) is 21.1 Å². The molecule has 0 saturated carbocycles. The van der Waals surface area contributed by atoms with E-state index in [0.29, 0.717) is 26.1 Å². The Kier molecular flexibility index (Phi) is 5.14. The number of amides is 2. The van der Waals surface area contributed by atoms with Gasteiger partial charge in [-0.05, 0) is 31.7 Å². The zero-order valence-electron chi connectivity index (χ0n) is 14.3. The quantitative estimate of drug-likeness (QED) is 0.793. The van der Waals surface area contributed by atoms with Gasteiger partial charge in [-0.25, -0.2) is 8.42 Å². The van der Waals surface area contributed by atoms with Crippen molar-refractivity contribution >= 4 is 21.8 Å². The first-order valence-electron chi connectivity index (χ1n) is 8.64. The zero-order chi connectivity index (χ0) is 18.0. The minimum Gasteiger partial charge on any atom is -0.354 e. The van der Waals surface area contributed by atoms with Gasteiger partial charge in [0, 0.05) is 32.9 Å². The van der Waals surface area contributed by atoms with Crippen LogP contribution in [0, 0.1) is 0 Å². The van der Waals surface area contributed by atoms with Gasteiger partial charge in [-0.3, -0.25) is 9.59 Å². The first-order chi connectivity index (χ1) is 11.9. The van der Waals surface area contributed by atoms with Crippen LogP contribution in [0.25, 0.3) is 0 Å². The molecule has 0 aromatic carbocycles. The highest BCUT2D eigenvalue weighted by Crippen LogP contribution is 2.22. The van der Waals surface area contributed by atoms with E-state index in [-0.39, 0.29) is 16.5 Å². The van der Waals surface area contributed by atoms with E-state index >= 15 is 0 Å². The van der Waals surface area contributed by atoms with Crippen LogP contribution in [-0.4, -0.2) is 54.8 Å². The largest absolute Gasteiger partial charge is 0.354 e. The second kappa shape index (κ2) is 7.17. The van der Waals surface area contributed by atoms with Crippen molar-refractivity contribution in [1.29, 1.82) is 0 Å². The lowest BCUT2D eigenvalue weighted by Crippen LogP contribution is -2.50. The van der Waals surface area contributed by atoms with Crippen molar-refractivity contribution in [3.8, 4) is 0 Å². The summed E-state index contributed by atoms with van der Waals surface area (Å²) in [4.78, 5) is 24.4. The van der Waals surface area contributed by atoms with Gasteiger partial charge in [0.25, 0.3) is 5.91 Å². The summed E-state index contributed by atoms with van der Waals surface area (Å²) in [7, 11) is -1.96. The maximum Gasteiger partial charge on any atom is 0.268 e. The van der Waals surface area contributed by atoms with Crippen molar-refractivity contribution in [2.75, 3.05) is 19.6 Å². The van der Waals surface area contributed by atoms with E-state index in [4.69, 9.17) is 0 Å². The minimum absolute atomic E-state index is 0.121. The van der Waals surface area contributed by atoms with Crippen molar-refractivity contribution < 1.29 is 18.0 Å². The Morgan fingerprint density at radius 2 is 1.96 bits per heavy atom. The zero-order valence-corrected chi connectivity index (χ0v) is 15.1. The Hall–Kier alpha value is -1.87. The summed E-state index contributed by atoms with van der Waals surface area (Å²) in [5.74, 6) is -0.639. The number of rotatable bonds is 4. The molecule has 2 amide bonds. The van der Waals surface area contributed by atoms with Gasteiger partial charge in [-0.15, -0.1) is 0 Å². The Labute approximate surface area is 147 Å². The molecule has 25 heavy (non-hydrogen) atoms. The first kappa shape index (κ1) is 17.9. The maximum atomic E-state index is 12.7. The number of hydrogen-bond donors (Lipinski definition) is 2. The van der Waals surface area contributed by atoms with Gasteiger partial charge < -0.3 is 15.2 Å². The average Bonchev–Trinajstić information content (AvgIpc) is 3.00. The Bertz CT molecular complexity index is 765. The highest BCUT2D eigenvalue weighted by Gasteiger charge is 2.30. The second-order valence-corrected chi connectivity index (χ2v) is 8.53. The van der Waals surface area contributed by atoms with Crippen molar-refractivity contribution in [3.05, 3.63) is 18.0 Å². The first-order valence-corrected chi connectivity index (χ1v) is 10.1. The van der Waals surface area contributed by atoms with Gasteiger partial charge in [-0.2, -0.15) is 4.31 Å². The summed E-state index contributed by atoms with van der Waals surface area (Å²) < 4.78 is 28.4. The third kappa shape index (κ3) is 3.72. The molecule has 3 rings (SSSR count). The van der Waals surface area contributed by atoms with Crippen LogP contribution in [0.15, 0.2) is 17.2 Å². The average molecular weight is 368 g/mol. The van der Waals surface area contributed by atoms with Gasteiger partial charge >= 0.3 is 0 Å². The van der Waals surface area contributed by atoms with Crippen molar-refractivity contribution in [3.63, 3.8) is 0 Å². The molecule has 1 atom stereocenters. The number of aromatic nitrogens is 1. The summed E-state index contributed by atoms with van der Waals surface area (Å²) in [5.41, 5.74) is 0.231. The normalized spacial score (nSPS) is 22.4. The lowest BCUT2D eigenvalue weighted by atomic mass is 10.1. The van der Waals surface area contributed by atoms with E-state index in [2.05, 4.69) is 10.6 Å². The smallest absolute Gasteiger partial charge is 0.268 e. The number of aryl methyl sites for hydroxylation is 1. The number of hydrogen-bond acceptors (Lipinski definition) is 4. The van der Waals surface area contributed by atoms with Crippen LogP contribution in [0.5, 0.6) is 0 Å². The second-order valence-electron chi connectivity index (χ2n) is 6.60. The van der Waals surface area contributed by atoms with Crippen LogP contribution >= 0.6 is 0 Å². The standard InChI is InChI=1S/C16H24N4O4S/c1-19-11-12(25(23,24)20-8-3-2-4-9-20)10-14(19)16(22)18-13-6-5-7-17-15(13)21/h10-11,13H,2-9H2,1H3,(H,17,21)(H,18,22). The summed E-state index contributed by atoms with van der Waals surface area (Å²) in [6, 6.07) is 0.818. The van der Waals surface area contributed by atoms with E-state index in [1.54, 1.807) is 7.05 Å². The van der Waals surface area contributed by atoms with E-state index in [0.717, 1.165) is 25.7 Å². The monoisotopic (exact) mass is 368 g/mol. The molecule has 138 valence electrons. The molecule has 1 aromatic heterocycles. The molecule has 2 saturated heterocycles. The van der Waals surface area contributed by atoms with Crippen LogP contribution < -0.4 is 10.6 Å². The van der Waals surface area contributed by atoms with Crippen molar-refractivity contribution in [1.82, 2.24) is 19.5 Å². The van der Waals surface area contributed by atoms with Crippen LogP contribution in [0.4, 0.5) is 0 Å². The van der Waals surface area contributed by atoms with Crippen molar-refractivity contribution in [2.24, 2.45) is 7.05 Å². The lowest BCUT2D eigenvalue weighted by molar-refractivity contribution is -0.124. The highest BCUT2D eigenvalue weighted by molar-refractivity contribution is 7.89. The fourth-order valence-corrected chi connectivity index (χ4v) is 4.89. The number of nitrogens with zero attached hydrogens (tertiary/aromatic N) is 2. The van der Waals surface area contributed by atoms with Crippen molar-refractivity contribution in [2.45, 2.75) is 43.0 Å². The van der Waals surface area contributed by atoms with E-state index in [9.17, 15) is 18.0 Å². The number of piperidine rings is 2. The molecule has 8 nitrogen and oxygen atoms in total. The summed E-state index contributed by atoms with van der Waals surface area (Å²) in [6.45, 7) is 1.65. The summed E-state index contributed by atoms with van der Waals surface area (Å²) in [5, 5.41) is 5.40. The summed E-state index contributed by atoms with van der Waals surface area (Å²) >= 11 is 0. The Balaban J connectivity index is 1.77. The lowest BCUT2D eigenvalue weighted by Gasteiger charge is -2.25. The fourth-order valence-electron chi connectivity index (χ4n) is 3.30. The number of sulfonamides is 1. The topological polar surface area (TPSA) is 101 Å². The molecule has 2 aliphatic heterocycles. The predicted molar refractivity (Wildman–Crippen MR) is 91.5 cm³/mol. The van der Waals surface area contributed by atoms with Crippen LogP contribution in [0.3, 0.4) is 0 Å². The molecule has 1 aromatic rings. The van der Waals surface area contributed by atoms with Crippen LogP contribution in [-0.2, 0) is 21.9 Å². The minimum atomic E-state index is -3.59. The maximum absolute atomic E-state index is 12.7. The number of carbonyl (C=O) groups excluding carboxylic acids is 2. The van der Waals surface area contributed by atoms with Crippen LogP contribution in [0.1, 0.15) is 42.6 Å². The SMILES string of the molecule is Cn1cc(S(=O)(=O)N2CCCCC2)cc1C(=O)NC1CCCNC1=O. The van der Waals surface area contributed by atoms with Gasteiger partial charge in [0.15, 0.2) is 0 Å². The predicted octanol–water partition coefficient (Wildman–Crippen LogP) is 0.208. The molecule has 0 spiro atoms. The molecule has 0 radical (unpaired) electrons. The third-order valence-electron chi connectivity index (χ3n) is 4.76. The van der Waals surface area contributed by atoms with Gasteiger partial charge in [0.1, 0.15) is 16.6 Å². The molecule has 1 unspecified atom stereocenters. The molecule has 2 fully saturated rings. The van der Waals surface area contributed by atoms with Gasteiger partial charge in [0.2, 0.25) is 15.9 Å². The van der Waals surface area contributed by atoms with Gasteiger partial charge in [0.05, 0.1) is 0 Å². The number of carbonyl (C=O) groups is 2. The molecule has 3 heterocycles. The van der Waals surface area contributed by atoms with Gasteiger partial charge in [-0.1, -0.05) is 6.42 Å². The molecular formula is C16H24N4O4S. The molecule has 9 heteroatoms. The molecule has 2 aliphatic rings. The molecule has 0 bridgehead atoms. The molecule has 0 aliphatic carbocycles. The number of nitrogens with one attached hydrogen (secondary N) is 2.